The zero-order valence-electron chi connectivity index (χ0n) is 20.1. The van der Waals surface area contributed by atoms with Crippen molar-refractivity contribution in [2.45, 2.75) is 51.6 Å². The summed E-state index contributed by atoms with van der Waals surface area (Å²) in [7, 11) is 0. The summed E-state index contributed by atoms with van der Waals surface area (Å²) < 4.78 is 75.8. The lowest BCUT2D eigenvalue weighted by Crippen LogP contribution is -2.42. The van der Waals surface area contributed by atoms with Crippen molar-refractivity contribution in [1.82, 2.24) is 15.3 Å². The summed E-state index contributed by atoms with van der Waals surface area (Å²) in [4.78, 5) is 30.6. The van der Waals surface area contributed by atoms with Gasteiger partial charge in [0.25, 0.3) is 5.56 Å². The van der Waals surface area contributed by atoms with Crippen molar-refractivity contribution < 1.29 is 31.5 Å². The molecule has 2 N–H and O–H groups in total. The first-order valence-corrected chi connectivity index (χ1v) is 12.2. The summed E-state index contributed by atoms with van der Waals surface area (Å²) in [6.07, 6.45) is -4.23. The quantitative estimate of drug-likeness (QED) is 0.356. The van der Waals surface area contributed by atoms with Gasteiger partial charge < -0.3 is 15.0 Å². The predicted octanol–water partition coefficient (Wildman–Crippen LogP) is 5.56. The molecule has 1 fully saturated rings. The minimum absolute atomic E-state index is 0.0136. The van der Waals surface area contributed by atoms with E-state index in [4.69, 9.17) is 16.3 Å². The maximum absolute atomic E-state index is 15.4. The molecule has 1 aliphatic carbocycles. The minimum Gasteiger partial charge on any atom is -0.373 e. The molecule has 1 amide bonds. The molecule has 6 nitrogen and oxygen atoms in total. The Morgan fingerprint density at radius 1 is 1.16 bits per heavy atom. The molecule has 2 aromatic carbocycles. The summed E-state index contributed by atoms with van der Waals surface area (Å²) in [5.41, 5.74) is -2.60. The van der Waals surface area contributed by atoms with Crippen molar-refractivity contribution in [1.29, 1.82) is 0 Å². The van der Waals surface area contributed by atoms with Crippen LogP contribution in [-0.4, -0.2) is 22.0 Å². The van der Waals surface area contributed by atoms with Crippen LogP contribution in [0.2, 0.25) is 5.02 Å². The lowest BCUT2D eigenvalue weighted by molar-refractivity contribution is -0.137. The molecule has 0 unspecified atom stereocenters. The molecule has 1 heterocycles. The van der Waals surface area contributed by atoms with Crippen LogP contribution >= 0.6 is 11.6 Å². The molecule has 1 aromatic heterocycles. The number of hydrogen-bond donors (Lipinski definition) is 2. The van der Waals surface area contributed by atoms with Gasteiger partial charge in [-0.15, -0.1) is 0 Å². The van der Waals surface area contributed by atoms with Crippen molar-refractivity contribution in [3.63, 3.8) is 0 Å². The Balaban J connectivity index is 1.42. The van der Waals surface area contributed by atoms with Crippen LogP contribution in [0.15, 0.2) is 41.2 Å². The van der Waals surface area contributed by atoms with Crippen LogP contribution in [0.4, 0.5) is 22.0 Å². The Morgan fingerprint density at radius 2 is 1.89 bits per heavy atom. The fraction of sp³-hybridized carbons (Fsp3) is 0.346. The van der Waals surface area contributed by atoms with Crippen LogP contribution in [0.1, 0.15) is 42.1 Å². The molecule has 0 atom stereocenters. The second-order valence-electron chi connectivity index (χ2n) is 8.95. The number of benzene rings is 2. The third kappa shape index (κ3) is 6.21. The van der Waals surface area contributed by atoms with E-state index in [1.807, 2.05) is 0 Å². The number of halogens is 6. The molecule has 0 aliphatic heterocycles. The zero-order valence-corrected chi connectivity index (χ0v) is 20.9. The molecule has 0 spiro atoms. The normalized spacial score (nSPS) is 17.2. The second-order valence-corrected chi connectivity index (χ2v) is 9.39. The topological polar surface area (TPSA) is 84.1 Å². The number of nitrogens with zero attached hydrogens (tertiary/aromatic N) is 1. The number of rotatable bonds is 8. The number of ether oxygens (including phenoxy) is 1. The second kappa shape index (κ2) is 11.2. The smallest absolute Gasteiger partial charge is 0.373 e. The lowest BCUT2D eigenvalue weighted by atomic mass is 9.81. The standard InChI is InChI=1S/C26H23ClF5N3O3/c1-2-17-10-21(36)35-24(34-17)22-19(26(30,31)32)5-3-13(23(22)29)11-33-25(37)14-8-18(9-14)38-12-15-7-16(27)4-6-20(15)28/h3-7,10,14,18H,2,8-9,11-12H2,1H3,(H,33,37)(H,34,35,36). The largest absolute Gasteiger partial charge is 0.417 e. The van der Waals surface area contributed by atoms with Crippen molar-refractivity contribution in [3.8, 4) is 11.4 Å². The Labute approximate surface area is 219 Å². The van der Waals surface area contributed by atoms with Crippen LogP contribution < -0.4 is 10.9 Å². The predicted molar refractivity (Wildman–Crippen MR) is 129 cm³/mol. The van der Waals surface area contributed by atoms with Crippen molar-refractivity contribution in [2.75, 3.05) is 0 Å². The van der Waals surface area contributed by atoms with E-state index >= 15 is 4.39 Å². The number of nitrogens with one attached hydrogen (secondary N) is 2. The highest BCUT2D eigenvalue weighted by Gasteiger charge is 2.38. The van der Waals surface area contributed by atoms with Gasteiger partial charge in [-0.3, -0.25) is 9.59 Å². The molecule has 1 saturated carbocycles. The molecule has 0 saturated heterocycles. The van der Waals surface area contributed by atoms with Crippen LogP contribution in [0.5, 0.6) is 0 Å². The van der Waals surface area contributed by atoms with Gasteiger partial charge in [0.2, 0.25) is 5.91 Å². The van der Waals surface area contributed by atoms with E-state index in [9.17, 15) is 27.2 Å². The van der Waals surface area contributed by atoms with Crippen molar-refractivity contribution in [2.24, 2.45) is 5.92 Å². The average Bonchev–Trinajstić information content (AvgIpc) is 2.83. The summed E-state index contributed by atoms with van der Waals surface area (Å²) in [6, 6.07) is 6.87. The van der Waals surface area contributed by atoms with E-state index in [2.05, 4.69) is 15.3 Å². The van der Waals surface area contributed by atoms with E-state index in [0.29, 0.717) is 29.5 Å². The Bertz CT molecular complexity index is 1400. The average molecular weight is 556 g/mol. The third-order valence-electron chi connectivity index (χ3n) is 6.32. The summed E-state index contributed by atoms with van der Waals surface area (Å²) in [6.45, 7) is 1.27. The van der Waals surface area contributed by atoms with Gasteiger partial charge in [0, 0.05) is 40.4 Å². The first-order chi connectivity index (χ1) is 18.0. The van der Waals surface area contributed by atoms with Gasteiger partial charge in [0.1, 0.15) is 17.5 Å². The number of aryl methyl sites for hydroxylation is 1. The van der Waals surface area contributed by atoms with E-state index in [-0.39, 0.29) is 36.9 Å². The number of H-pyrrole nitrogens is 1. The maximum atomic E-state index is 15.4. The van der Waals surface area contributed by atoms with Gasteiger partial charge in [-0.2, -0.15) is 13.2 Å². The number of alkyl halides is 3. The molecule has 12 heteroatoms. The minimum atomic E-state index is -4.91. The number of carbonyl (C=O) groups excluding carboxylic acids is 1. The maximum Gasteiger partial charge on any atom is 0.417 e. The number of aromatic amines is 1. The molecule has 3 aromatic rings. The van der Waals surface area contributed by atoms with Crippen LogP contribution in [0.3, 0.4) is 0 Å². The fourth-order valence-electron chi connectivity index (χ4n) is 4.13. The molecule has 0 radical (unpaired) electrons. The first-order valence-electron chi connectivity index (χ1n) is 11.8. The molecule has 0 bridgehead atoms. The van der Waals surface area contributed by atoms with E-state index < -0.39 is 52.1 Å². The first kappa shape index (κ1) is 27.7. The van der Waals surface area contributed by atoms with Gasteiger partial charge in [-0.05, 0) is 43.5 Å². The summed E-state index contributed by atoms with van der Waals surface area (Å²) >= 11 is 5.86. The number of aromatic nitrogens is 2. The third-order valence-corrected chi connectivity index (χ3v) is 6.56. The zero-order chi connectivity index (χ0) is 27.6. The van der Waals surface area contributed by atoms with Gasteiger partial charge in [0.05, 0.1) is 23.8 Å². The van der Waals surface area contributed by atoms with E-state index in [0.717, 1.165) is 12.1 Å². The molecular weight excluding hydrogens is 533 g/mol. The highest BCUT2D eigenvalue weighted by Crippen LogP contribution is 2.38. The van der Waals surface area contributed by atoms with Crippen LogP contribution in [0, 0.1) is 17.6 Å². The Kier molecular flexibility index (Phi) is 8.17. The van der Waals surface area contributed by atoms with E-state index in [1.54, 1.807) is 6.92 Å². The highest BCUT2D eigenvalue weighted by atomic mass is 35.5. The van der Waals surface area contributed by atoms with E-state index in [1.165, 1.54) is 18.2 Å². The number of amides is 1. The van der Waals surface area contributed by atoms with Gasteiger partial charge in [-0.25, -0.2) is 13.8 Å². The van der Waals surface area contributed by atoms with Gasteiger partial charge in [0.15, 0.2) is 0 Å². The molecule has 1 aliphatic rings. The lowest BCUT2D eigenvalue weighted by Gasteiger charge is -2.34. The summed E-state index contributed by atoms with van der Waals surface area (Å²) in [5.74, 6) is -3.10. The fourth-order valence-corrected chi connectivity index (χ4v) is 4.33. The Morgan fingerprint density at radius 3 is 2.58 bits per heavy atom. The van der Waals surface area contributed by atoms with Crippen LogP contribution in [-0.2, 0) is 35.3 Å². The van der Waals surface area contributed by atoms with Crippen molar-refractivity contribution in [3.05, 3.63) is 85.8 Å². The number of carbonyl (C=O) groups is 1. The number of hydrogen-bond acceptors (Lipinski definition) is 4. The molecule has 38 heavy (non-hydrogen) atoms. The molecule has 202 valence electrons. The van der Waals surface area contributed by atoms with Gasteiger partial charge in [-0.1, -0.05) is 24.6 Å². The molecular formula is C26H23ClF5N3O3. The SMILES string of the molecule is CCc1cc(=O)[nH]c(-c2c(C(F)(F)F)ccc(CNC(=O)C3CC(OCc4cc(Cl)ccc4F)C3)c2F)n1. The van der Waals surface area contributed by atoms with Crippen LogP contribution in [0.25, 0.3) is 11.4 Å². The Hall–Kier alpha value is -3.31. The van der Waals surface area contributed by atoms with Gasteiger partial charge >= 0.3 is 6.18 Å². The molecule has 4 rings (SSSR count). The summed E-state index contributed by atoms with van der Waals surface area (Å²) in [5, 5.41) is 2.91. The van der Waals surface area contributed by atoms with Crippen molar-refractivity contribution >= 4 is 17.5 Å². The highest BCUT2D eigenvalue weighted by molar-refractivity contribution is 6.30. The monoisotopic (exact) mass is 555 g/mol.